The van der Waals surface area contributed by atoms with Crippen molar-refractivity contribution in [2.75, 3.05) is 11.9 Å². The molecule has 1 aromatic carbocycles. The SMILES string of the molecule is [2H]C([2H])([2H])c1cccc(C([2H])([2H])[2H])c1NC(=O)C1CCCCN1. The van der Waals surface area contributed by atoms with Crippen LogP contribution in [0.2, 0.25) is 0 Å². The Morgan fingerprint density at radius 3 is 2.76 bits per heavy atom. The number of amides is 1. The van der Waals surface area contributed by atoms with E-state index in [1.54, 1.807) is 0 Å². The summed E-state index contributed by atoms with van der Waals surface area (Å²) in [6.45, 7) is -4.31. The van der Waals surface area contributed by atoms with Crippen molar-refractivity contribution >= 4 is 11.6 Å². The van der Waals surface area contributed by atoms with Gasteiger partial charge in [-0.15, -0.1) is 0 Å². The van der Waals surface area contributed by atoms with Crippen LogP contribution in [0.5, 0.6) is 0 Å². The highest BCUT2D eigenvalue weighted by Gasteiger charge is 2.21. The van der Waals surface area contributed by atoms with Crippen LogP contribution in [0.25, 0.3) is 0 Å². The van der Waals surface area contributed by atoms with Crippen LogP contribution in [0.4, 0.5) is 5.69 Å². The van der Waals surface area contributed by atoms with Crippen LogP contribution in [0.1, 0.15) is 38.6 Å². The fourth-order valence-electron chi connectivity index (χ4n) is 1.97. The molecule has 0 spiro atoms. The van der Waals surface area contributed by atoms with Gasteiger partial charge >= 0.3 is 0 Å². The first-order chi connectivity index (χ1) is 10.6. The van der Waals surface area contributed by atoms with Crippen LogP contribution in [0.15, 0.2) is 18.2 Å². The molecule has 2 rings (SSSR count). The zero-order valence-corrected chi connectivity index (χ0v) is 9.55. The fraction of sp³-hybridized carbons (Fsp3) is 0.500. The lowest BCUT2D eigenvalue weighted by Crippen LogP contribution is -2.43. The third-order valence-electron chi connectivity index (χ3n) is 2.94. The minimum atomic E-state index is -2.51. The molecule has 1 amide bonds. The first kappa shape index (κ1) is 6.55. The van der Waals surface area contributed by atoms with Gasteiger partial charge in [-0.1, -0.05) is 24.6 Å². The van der Waals surface area contributed by atoms with E-state index in [4.69, 9.17) is 8.22 Å². The summed E-state index contributed by atoms with van der Waals surface area (Å²) in [6.07, 6.45) is 2.53. The summed E-state index contributed by atoms with van der Waals surface area (Å²) >= 11 is 0. The number of para-hydroxylation sites is 1. The predicted molar refractivity (Wildman–Crippen MR) is 70.2 cm³/mol. The lowest BCUT2D eigenvalue weighted by atomic mass is 10.0. The predicted octanol–water partition coefficient (Wildman–Crippen LogP) is 2.38. The first-order valence-electron chi connectivity index (χ1n) is 8.79. The Balaban J connectivity index is 2.39. The molecule has 3 nitrogen and oxygen atoms in total. The van der Waals surface area contributed by atoms with Crippen molar-refractivity contribution in [1.82, 2.24) is 5.32 Å². The number of hydrogen-bond donors (Lipinski definition) is 2. The first-order valence-corrected chi connectivity index (χ1v) is 5.79. The molecule has 0 saturated carbocycles. The summed E-state index contributed by atoms with van der Waals surface area (Å²) in [5.74, 6) is -0.396. The highest BCUT2D eigenvalue weighted by atomic mass is 16.2. The van der Waals surface area contributed by atoms with Gasteiger partial charge in [0.15, 0.2) is 0 Å². The lowest BCUT2D eigenvalue weighted by molar-refractivity contribution is -0.118. The maximum Gasteiger partial charge on any atom is 0.241 e. The van der Waals surface area contributed by atoms with Crippen LogP contribution >= 0.6 is 0 Å². The van der Waals surface area contributed by atoms with Gasteiger partial charge in [0.05, 0.1) is 6.04 Å². The third-order valence-corrected chi connectivity index (χ3v) is 2.94. The number of rotatable bonds is 2. The van der Waals surface area contributed by atoms with Gasteiger partial charge in [0, 0.05) is 13.9 Å². The molecule has 92 valence electrons. The monoisotopic (exact) mass is 238 g/mol. The Morgan fingerprint density at radius 2 is 2.18 bits per heavy atom. The summed E-state index contributed by atoms with van der Waals surface area (Å²) in [5.41, 5.74) is -0.435. The molecule has 1 fully saturated rings. The molecule has 0 bridgehead atoms. The van der Waals surface area contributed by atoms with Gasteiger partial charge in [-0.2, -0.15) is 0 Å². The largest absolute Gasteiger partial charge is 0.324 e. The van der Waals surface area contributed by atoms with E-state index >= 15 is 0 Å². The minimum absolute atomic E-state index is 0.120. The fourth-order valence-corrected chi connectivity index (χ4v) is 1.97. The van der Waals surface area contributed by atoms with E-state index in [1.165, 1.54) is 18.2 Å². The molecule has 2 N–H and O–H groups in total. The number of piperidine rings is 1. The Labute approximate surface area is 111 Å². The van der Waals surface area contributed by atoms with Crippen LogP contribution in [0, 0.1) is 13.7 Å². The third kappa shape index (κ3) is 2.86. The van der Waals surface area contributed by atoms with E-state index < -0.39 is 25.7 Å². The highest BCUT2D eigenvalue weighted by Crippen LogP contribution is 2.20. The number of benzene rings is 1. The average Bonchev–Trinajstić information content (AvgIpc) is 2.46. The Morgan fingerprint density at radius 1 is 1.41 bits per heavy atom. The van der Waals surface area contributed by atoms with Crippen LogP contribution in [-0.4, -0.2) is 18.5 Å². The average molecular weight is 238 g/mol. The number of aryl methyl sites for hydroxylation is 2. The van der Waals surface area contributed by atoms with Gasteiger partial charge < -0.3 is 10.6 Å². The van der Waals surface area contributed by atoms with Gasteiger partial charge in [-0.05, 0) is 44.2 Å². The maximum atomic E-state index is 12.4. The molecule has 1 saturated heterocycles. The van der Waals surface area contributed by atoms with Crippen molar-refractivity contribution in [3.05, 3.63) is 29.3 Å². The quantitative estimate of drug-likeness (QED) is 0.830. The van der Waals surface area contributed by atoms with E-state index in [1.807, 2.05) is 0 Å². The second-order valence-electron chi connectivity index (χ2n) is 4.22. The summed E-state index contributed by atoms with van der Waals surface area (Å²) < 4.78 is 45.5. The topological polar surface area (TPSA) is 41.1 Å². The second-order valence-corrected chi connectivity index (χ2v) is 4.22. The summed E-state index contributed by atoms with van der Waals surface area (Å²) in [5, 5.41) is 5.60. The molecular weight excluding hydrogens is 212 g/mol. The van der Waals surface area contributed by atoms with Gasteiger partial charge in [0.1, 0.15) is 0 Å². The van der Waals surface area contributed by atoms with Crippen molar-refractivity contribution in [1.29, 1.82) is 0 Å². The van der Waals surface area contributed by atoms with E-state index in [9.17, 15) is 4.79 Å². The molecule has 1 aliphatic rings. The lowest BCUT2D eigenvalue weighted by Gasteiger charge is -2.23. The number of nitrogens with one attached hydrogen (secondary N) is 2. The van der Waals surface area contributed by atoms with Crippen molar-refractivity contribution in [2.24, 2.45) is 0 Å². The zero-order valence-electron chi connectivity index (χ0n) is 15.5. The molecule has 0 aliphatic carbocycles. The number of anilines is 1. The maximum absolute atomic E-state index is 12.4. The summed E-state index contributed by atoms with van der Waals surface area (Å²) in [6, 6.07) is 3.61. The number of carbonyl (C=O) groups excluding carboxylic acids is 1. The van der Waals surface area contributed by atoms with Crippen LogP contribution < -0.4 is 10.6 Å². The molecular formula is C14H20N2O. The van der Waals surface area contributed by atoms with E-state index in [0.29, 0.717) is 13.0 Å². The van der Waals surface area contributed by atoms with Crippen LogP contribution in [0.3, 0.4) is 0 Å². The molecule has 1 aromatic rings. The molecule has 0 aromatic heterocycles. The number of hydrogen-bond acceptors (Lipinski definition) is 2. The molecule has 1 aliphatic heterocycles. The van der Waals surface area contributed by atoms with E-state index in [-0.39, 0.29) is 16.8 Å². The van der Waals surface area contributed by atoms with Crippen molar-refractivity contribution in [3.8, 4) is 0 Å². The van der Waals surface area contributed by atoms with Crippen molar-refractivity contribution in [2.45, 2.75) is 39.0 Å². The zero-order chi connectivity index (χ0) is 17.3. The minimum Gasteiger partial charge on any atom is -0.324 e. The van der Waals surface area contributed by atoms with Crippen molar-refractivity contribution < 1.29 is 13.0 Å². The Bertz CT molecular complexity index is 543. The molecule has 1 atom stereocenters. The smallest absolute Gasteiger partial charge is 0.241 e. The molecule has 17 heavy (non-hydrogen) atoms. The number of carbonyl (C=O) groups is 1. The molecule has 0 radical (unpaired) electrons. The highest BCUT2D eigenvalue weighted by molar-refractivity contribution is 5.96. The van der Waals surface area contributed by atoms with E-state index in [0.717, 1.165) is 12.8 Å². The van der Waals surface area contributed by atoms with E-state index in [2.05, 4.69) is 10.6 Å². The molecule has 1 unspecified atom stereocenters. The molecule has 1 heterocycles. The van der Waals surface area contributed by atoms with Gasteiger partial charge in [-0.3, -0.25) is 4.79 Å². The summed E-state index contributed by atoms with van der Waals surface area (Å²) in [7, 11) is 0. The Hall–Kier alpha value is -1.35. The van der Waals surface area contributed by atoms with Gasteiger partial charge in [0.2, 0.25) is 5.91 Å². The van der Waals surface area contributed by atoms with Gasteiger partial charge in [-0.25, -0.2) is 0 Å². The van der Waals surface area contributed by atoms with Gasteiger partial charge in [0.25, 0.3) is 0 Å². The molecule has 3 heteroatoms. The Kier molecular flexibility index (Phi) is 2.05. The summed E-state index contributed by atoms with van der Waals surface area (Å²) in [4.78, 5) is 12.4. The second kappa shape index (κ2) is 5.32. The van der Waals surface area contributed by atoms with Crippen LogP contribution in [-0.2, 0) is 4.79 Å². The normalized spacial score (nSPS) is 26.7. The standard InChI is InChI=1S/C14H20N2O/c1-10-6-5-7-11(2)13(10)16-14(17)12-8-3-4-9-15-12/h5-7,12,15H,3-4,8-9H2,1-2H3,(H,16,17)/i1D3,2D3. The van der Waals surface area contributed by atoms with Crippen molar-refractivity contribution in [3.63, 3.8) is 0 Å².